The van der Waals surface area contributed by atoms with Crippen LogP contribution in [0, 0.1) is 5.41 Å². The molecule has 26 heavy (non-hydrogen) atoms. The second kappa shape index (κ2) is 7.23. The first-order chi connectivity index (χ1) is 12.7. The number of hydrogen-bond donors (Lipinski definition) is 1. The maximum atomic E-state index is 10.4. The zero-order valence-corrected chi connectivity index (χ0v) is 15.5. The molecule has 0 unspecified atom stereocenters. The molecule has 1 aromatic heterocycles. The van der Waals surface area contributed by atoms with E-state index >= 15 is 0 Å². The van der Waals surface area contributed by atoms with Crippen LogP contribution in [0.25, 0.3) is 0 Å². The van der Waals surface area contributed by atoms with Crippen molar-refractivity contribution in [2.24, 2.45) is 5.41 Å². The first kappa shape index (κ1) is 17.3. The number of nitrogens with zero attached hydrogens (tertiary/aromatic N) is 5. The van der Waals surface area contributed by atoms with Crippen LogP contribution in [-0.2, 0) is 4.79 Å². The summed E-state index contributed by atoms with van der Waals surface area (Å²) < 4.78 is 0. The molecule has 0 bridgehead atoms. The molecule has 1 aliphatic carbocycles. The third kappa shape index (κ3) is 3.53. The van der Waals surface area contributed by atoms with Crippen LogP contribution in [0.3, 0.4) is 0 Å². The standard InChI is InChI=1S/C19H28N6O/c1-2-23-5-7-25(8-6-23)18-10-17(20-15-21-18)22-16-11-19(12-16)13-24(14-19)4-3-9-26/h3-4,9-10,15-16H,2,5-8,11-14H2,1H3,(H,20,21,22)/b4-3+. The van der Waals surface area contributed by atoms with Crippen molar-refractivity contribution in [1.29, 1.82) is 0 Å². The summed E-state index contributed by atoms with van der Waals surface area (Å²) in [6.45, 7) is 9.72. The van der Waals surface area contributed by atoms with E-state index in [0.29, 0.717) is 11.5 Å². The van der Waals surface area contributed by atoms with Crippen LogP contribution >= 0.6 is 0 Å². The number of rotatable bonds is 6. The summed E-state index contributed by atoms with van der Waals surface area (Å²) >= 11 is 0. The number of aldehydes is 1. The fourth-order valence-electron chi connectivity index (χ4n) is 4.52. The summed E-state index contributed by atoms with van der Waals surface area (Å²) in [7, 11) is 0. The highest BCUT2D eigenvalue weighted by molar-refractivity contribution is 5.64. The lowest BCUT2D eigenvalue weighted by atomic mass is 9.61. The molecule has 2 saturated heterocycles. The average Bonchev–Trinajstić information content (AvgIpc) is 2.62. The molecule has 3 aliphatic rings. The quantitative estimate of drug-likeness (QED) is 0.607. The van der Waals surface area contributed by atoms with E-state index in [4.69, 9.17) is 0 Å². The van der Waals surface area contributed by atoms with Gasteiger partial charge in [-0.15, -0.1) is 0 Å². The smallest absolute Gasteiger partial charge is 0.144 e. The summed E-state index contributed by atoms with van der Waals surface area (Å²) in [6, 6.07) is 2.58. The van der Waals surface area contributed by atoms with Gasteiger partial charge in [0.15, 0.2) is 0 Å². The first-order valence-electron chi connectivity index (χ1n) is 9.62. The second-order valence-corrected chi connectivity index (χ2v) is 7.81. The zero-order valence-electron chi connectivity index (χ0n) is 15.5. The number of carbonyl (C=O) groups is 1. The van der Waals surface area contributed by atoms with Crippen LogP contribution < -0.4 is 10.2 Å². The second-order valence-electron chi connectivity index (χ2n) is 7.81. The fraction of sp³-hybridized carbons (Fsp3) is 0.632. The minimum atomic E-state index is 0.442. The summed E-state index contributed by atoms with van der Waals surface area (Å²) in [5.41, 5.74) is 0.442. The van der Waals surface area contributed by atoms with Crippen molar-refractivity contribution in [2.75, 3.05) is 56.0 Å². The molecule has 3 fully saturated rings. The molecule has 4 rings (SSSR count). The van der Waals surface area contributed by atoms with Crippen LogP contribution in [0.5, 0.6) is 0 Å². The molecule has 140 valence electrons. The van der Waals surface area contributed by atoms with Gasteiger partial charge in [-0.1, -0.05) is 6.92 Å². The van der Waals surface area contributed by atoms with Crippen LogP contribution in [-0.4, -0.2) is 77.9 Å². The van der Waals surface area contributed by atoms with Crippen LogP contribution in [0.2, 0.25) is 0 Å². The Labute approximate surface area is 155 Å². The van der Waals surface area contributed by atoms with Crippen LogP contribution in [0.4, 0.5) is 11.6 Å². The van der Waals surface area contributed by atoms with Gasteiger partial charge < -0.3 is 20.0 Å². The Balaban J connectivity index is 1.27. The molecule has 0 amide bonds. The fourth-order valence-corrected chi connectivity index (χ4v) is 4.52. The summed E-state index contributed by atoms with van der Waals surface area (Å²) in [5, 5.41) is 3.58. The Morgan fingerprint density at radius 1 is 1.23 bits per heavy atom. The molecule has 0 atom stereocenters. The lowest BCUT2D eigenvalue weighted by Gasteiger charge is -2.59. The van der Waals surface area contributed by atoms with Gasteiger partial charge in [0.2, 0.25) is 0 Å². The molecule has 7 heteroatoms. The average molecular weight is 356 g/mol. The summed E-state index contributed by atoms with van der Waals surface area (Å²) in [6.07, 6.45) is 8.33. The topological polar surface area (TPSA) is 64.6 Å². The van der Waals surface area contributed by atoms with Crippen LogP contribution in [0.1, 0.15) is 19.8 Å². The van der Waals surface area contributed by atoms with E-state index < -0.39 is 0 Å². The first-order valence-corrected chi connectivity index (χ1v) is 9.62. The highest BCUT2D eigenvalue weighted by atomic mass is 16.1. The van der Waals surface area contributed by atoms with Crippen molar-refractivity contribution in [2.45, 2.75) is 25.8 Å². The van der Waals surface area contributed by atoms with Gasteiger partial charge in [0.25, 0.3) is 0 Å². The highest BCUT2D eigenvalue weighted by Crippen LogP contribution is 2.49. The number of piperazine rings is 1. The number of aromatic nitrogens is 2. The molecule has 0 aromatic carbocycles. The van der Waals surface area contributed by atoms with E-state index in [1.54, 1.807) is 12.4 Å². The monoisotopic (exact) mass is 356 g/mol. The molecule has 1 aromatic rings. The molecule has 2 aliphatic heterocycles. The molecule has 7 nitrogen and oxygen atoms in total. The number of likely N-dealkylation sites (tertiary alicyclic amines) is 1. The molecule has 3 heterocycles. The van der Waals surface area contributed by atoms with Crippen molar-refractivity contribution >= 4 is 17.9 Å². The van der Waals surface area contributed by atoms with Gasteiger partial charge in [-0.05, 0) is 25.5 Å². The van der Waals surface area contributed by atoms with Crippen molar-refractivity contribution < 1.29 is 4.79 Å². The maximum Gasteiger partial charge on any atom is 0.144 e. The Kier molecular flexibility index (Phi) is 4.80. The van der Waals surface area contributed by atoms with Crippen molar-refractivity contribution in [3.05, 3.63) is 24.7 Å². The third-order valence-electron chi connectivity index (χ3n) is 5.96. The van der Waals surface area contributed by atoms with Gasteiger partial charge in [-0.2, -0.15) is 0 Å². The lowest BCUT2D eigenvalue weighted by molar-refractivity contribution is -0.104. The predicted molar refractivity (Wildman–Crippen MR) is 102 cm³/mol. The molecule has 1 saturated carbocycles. The summed E-state index contributed by atoms with van der Waals surface area (Å²) in [5.74, 6) is 1.96. The van der Waals surface area contributed by atoms with Gasteiger partial charge in [0.1, 0.15) is 24.2 Å². The van der Waals surface area contributed by atoms with Crippen molar-refractivity contribution in [3.8, 4) is 0 Å². The van der Waals surface area contributed by atoms with Gasteiger partial charge >= 0.3 is 0 Å². The number of allylic oxidation sites excluding steroid dienone is 1. The SMILES string of the molecule is CCN1CCN(c2cc(NC3CC4(C3)CN(/C=C/C=O)C4)ncn2)CC1. The molecular weight excluding hydrogens is 328 g/mol. The largest absolute Gasteiger partial charge is 0.376 e. The number of hydrogen-bond acceptors (Lipinski definition) is 7. The molecular formula is C19H28N6O. The van der Waals surface area contributed by atoms with Gasteiger partial charge in [0.05, 0.1) is 0 Å². The number of anilines is 2. The zero-order chi connectivity index (χ0) is 18.0. The van der Waals surface area contributed by atoms with Gasteiger partial charge in [-0.3, -0.25) is 4.79 Å². The third-order valence-corrected chi connectivity index (χ3v) is 5.96. The van der Waals surface area contributed by atoms with Crippen LogP contribution in [0.15, 0.2) is 24.7 Å². The summed E-state index contributed by atoms with van der Waals surface area (Å²) in [4.78, 5) is 26.3. The van der Waals surface area contributed by atoms with E-state index in [9.17, 15) is 4.79 Å². The molecule has 1 spiro atoms. The molecule has 0 radical (unpaired) electrons. The van der Waals surface area contributed by atoms with Crippen molar-refractivity contribution in [3.63, 3.8) is 0 Å². The Morgan fingerprint density at radius 3 is 2.69 bits per heavy atom. The van der Waals surface area contributed by atoms with Gasteiger partial charge in [0, 0.05) is 63.0 Å². The Hall–Kier alpha value is -2.15. The minimum Gasteiger partial charge on any atom is -0.376 e. The maximum absolute atomic E-state index is 10.4. The highest BCUT2D eigenvalue weighted by Gasteiger charge is 2.51. The number of likely N-dealkylation sites (N-methyl/N-ethyl adjacent to an activating group) is 1. The lowest BCUT2D eigenvalue weighted by Crippen LogP contribution is -2.63. The van der Waals surface area contributed by atoms with Crippen molar-refractivity contribution in [1.82, 2.24) is 19.8 Å². The minimum absolute atomic E-state index is 0.442. The molecule has 1 N–H and O–H groups in total. The number of carbonyl (C=O) groups excluding carboxylic acids is 1. The van der Waals surface area contributed by atoms with E-state index in [1.165, 1.54) is 12.8 Å². The number of nitrogens with one attached hydrogen (secondary N) is 1. The predicted octanol–water partition coefficient (Wildman–Crippen LogP) is 1.21. The van der Waals surface area contributed by atoms with E-state index in [1.807, 2.05) is 6.20 Å². The van der Waals surface area contributed by atoms with Gasteiger partial charge in [-0.25, -0.2) is 9.97 Å². The van der Waals surface area contributed by atoms with E-state index in [-0.39, 0.29) is 0 Å². The van der Waals surface area contributed by atoms with E-state index in [2.05, 4.69) is 43.0 Å². The normalized spacial score (nSPS) is 23.1. The Morgan fingerprint density at radius 2 is 2.00 bits per heavy atom. The Bertz CT molecular complexity index is 656. The van der Waals surface area contributed by atoms with E-state index in [0.717, 1.165) is 63.7 Å².